The number of hydrogen-bond donors (Lipinski definition) is 1. The fourth-order valence-corrected chi connectivity index (χ4v) is 2.84. The Labute approximate surface area is 175 Å². The number of amides is 1. The largest absolute Gasteiger partial charge is 0.497 e. The maximum Gasteiger partial charge on any atom is 0.338 e. The summed E-state index contributed by atoms with van der Waals surface area (Å²) in [6.45, 7) is -0.243. The summed E-state index contributed by atoms with van der Waals surface area (Å²) >= 11 is 6.88. The van der Waals surface area contributed by atoms with Crippen molar-refractivity contribution in [2.45, 2.75) is 6.61 Å². The molecule has 0 atom stereocenters. The van der Waals surface area contributed by atoms with Gasteiger partial charge in [0.15, 0.2) is 6.61 Å². The summed E-state index contributed by atoms with van der Waals surface area (Å²) in [5.41, 5.74) is 1.34. The quantitative estimate of drug-likeness (QED) is 0.542. The summed E-state index contributed by atoms with van der Waals surface area (Å²) in [7, 11) is 1.55. The van der Waals surface area contributed by atoms with Gasteiger partial charge in [-0.1, -0.05) is 22.2 Å². The van der Waals surface area contributed by atoms with Crippen molar-refractivity contribution in [2.75, 3.05) is 19.0 Å². The maximum atomic E-state index is 12.1. The molecule has 1 heterocycles. The van der Waals surface area contributed by atoms with Crippen molar-refractivity contribution in [1.29, 1.82) is 0 Å². The van der Waals surface area contributed by atoms with Gasteiger partial charge in [0.2, 0.25) is 0 Å². The molecule has 8 nitrogen and oxygen atoms in total. The third-order valence-corrected chi connectivity index (χ3v) is 4.65. The van der Waals surface area contributed by atoms with Crippen molar-refractivity contribution in [3.05, 3.63) is 64.1 Å². The Bertz CT molecular complexity index is 994. The smallest absolute Gasteiger partial charge is 0.338 e. The topological polar surface area (TPSA) is 99.6 Å². The Balaban J connectivity index is 1.47. The summed E-state index contributed by atoms with van der Waals surface area (Å²) in [6, 6.07) is 13.2. The second-order valence-corrected chi connectivity index (χ2v) is 7.02. The summed E-state index contributed by atoms with van der Waals surface area (Å²) in [4.78, 5) is 24.1. The van der Waals surface area contributed by atoms with Crippen LogP contribution in [-0.4, -0.2) is 35.2 Å². The van der Waals surface area contributed by atoms with Crippen LogP contribution in [0.25, 0.3) is 0 Å². The minimum absolute atomic E-state index is 0.0587. The number of ether oxygens (including phenoxy) is 3. The van der Waals surface area contributed by atoms with Crippen LogP contribution >= 0.6 is 23.1 Å². The first-order valence-electron chi connectivity index (χ1n) is 8.36. The average molecular weight is 434 g/mol. The van der Waals surface area contributed by atoms with Crippen LogP contribution in [0.2, 0.25) is 4.34 Å². The molecule has 3 aromatic rings. The fraction of sp³-hybridized carbons (Fsp3) is 0.158. The Morgan fingerprint density at radius 1 is 1.14 bits per heavy atom. The standard InChI is InChI=1S/C19H16ClN3O5S/c1-26-15-4-2-3-13(9-15)21-17(24)11-27-14-7-5-12(6-8-14)19(25)28-10-16-18(20)29-23-22-16/h2-9H,10-11H2,1H3,(H,21,24). The number of rotatable bonds is 8. The molecule has 10 heteroatoms. The van der Waals surface area contributed by atoms with Gasteiger partial charge in [-0.3, -0.25) is 4.79 Å². The predicted molar refractivity (Wildman–Crippen MR) is 108 cm³/mol. The van der Waals surface area contributed by atoms with Crippen LogP contribution in [-0.2, 0) is 16.1 Å². The fourth-order valence-electron chi connectivity index (χ4n) is 2.23. The van der Waals surface area contributed by atoms with E-state index in [1.54, 1.807) is 55.6 Å². The Kier molecular flexibility index (Phi) is 6.99. The monoisotopic (exact) mass is 433 g/mol. The van der Waals surface area contributed by atoms with Crippen LogP contribution in [0.3, 0.4) is 0 Å². The van der Waals surface area contributed by atoms with E-state index in [0.29, 0.717) is 32.8 Å². The summed E-state index contributed by atoms with van der Waals surface area (Å²) < 4.78 is 19.7. The number of aromatic nitrogens is 2. The maximum absolute atomic E-state index is 12.1. The van der Waals surface area contributed by atoms with E-state index < -0.39 is 5.97 Å². The summed E-state index contributed by atoms with van der Waals surface area (Å²) in [6.07, 6.45) is 0. The van der Waals surface area contributed by atoms with Crippen molar-refractivity contribution in [3.63, 3.8) is 0 Å². The molecular formula is C19H16ClN3O5S. The zero-order chi connectivity index (χ0) is 20.6. The lowest BCUT2D eigenvalue weighted by atomic mass is 10.2. The molecule has 0 spiro atoms. The van der Waals surface area contributed by atoms with E-state index in [0.717, 1.165) is 11.5 Å². The third kappa shape index (κ3) is 5.90. The Morgan fingerprint density at radius 2 is 1.93 bits per heavy atom. The van der Waals surface area contributed by atoms with Gasteiger partial charge in [0, 0.05) is 23.3 Å². The predicted octanol–water partition coefficient (Wildman–Crippen LogP) is 3.57. The Hall–Kier alpha value is -3.17. The molecule has 1 amide bonds. The molecule has 0 aliphatic heterocycles. The van der Waals surface area contributed by atoms with Crippen molar-refractivity contribution in [2.24, 2.45) is 0 Å². The van der Waals surface area contributed by atoms with Gasteiger partial charge < -0.3 is 19.5 Å². The zero-order valence-corrected chi connectivity index (χ0v) is 16.8. The molecular weight excluding hydrogens is 418 g/mol. The van der Waals surface area contributed by atoms with E-state index in [1.165, 1.54) is 0 Å². The third-order valence-electron chi connectivity index (χ3n) is 3.66. The summed E-state index contributed by atoms with van der Waals surface area (Å²) in [5, 5.41) is 6.48. The van der Waals surface area contributed by atoms with Crippen LogP contribution in [0.5, 0.6) is 11.5 Å². The second kappa shape index (κ2) is 9.85. The zero-order valence-electron chi connectivity index (χ0n) is 15.3. The van der Waals surface area contributed by atoms with E-state index in [-0.39, 0.29) is 19.1 Å². The van der Waals surface area contributed by atoms with Gasteiger partial charge in [-0.25, -0.2) is 4.79 Å². The number of hydrogen-bond acceptors (Lipinski definition) is 8. The molecule has 0 saturated heterocycles. The normalized spacial score (nSPS) is 10.3. The van der Waals surface area contributed by atoms with Crippen molar-refractivity contribution < 1.29 is 23.8 Å². The highest BCUT2D eigenvalue weighted by atomic mass is 35.5. The molecule has 0 aliphatic rings. The molecule has 2 aromatic carbocycles. The highest BCUT2D eigenvalue weighted by molar-refractivity contribution is 7.10. The molecule has 1 aromatic heterocycles. The van der Waals surface area contributed by atoms with Crippen molar-refractivity contribution >= 4 is 40.7 Å². The molecule has 29 heavy (non-hydrogen) atoms. The number of nitrogens with one attached hydrogen (secondary N) is 1. The molecule has 0 bridgehead atoms. The lowest BCUT2D eigenvalue weighted by Crippen LogP contribution is -2.20. The number of methoxy groups -OCH3 is 1. The van der Waals surface area contributed by atoms with Gasteiger partial charge in [0.05, 0.1) is 12.7 Å². The van der Waals surface area contributed by atoms with Gasteiger partial charge in [-0.05, 0) is 36.4 Å². The number of carbonyl (C=O) groups is 2. The van der Waals surface area contributed by atoms with Gasteiger partial charge >= 0.3 is 5.97 Å². The van der Waals surface area contributed by atoms with E-state index >= 15 is 0 Å². The molecule has 0 radical (unpaired) electrons. The highest BCUT2D eigenvalue weighted by Crippen LogP contribution is 2.19. The van der Waals surface area contributed by atoms with Crippen molar-refractivity contribution in [1.82, 2.24) is 9.59 Å². The molecule has 1 N–H and O–H groups in total. The second-order valence-electron chi connectivity index (χ2n) is 5.66. The molecule has 0 aliphatic carbocycles. The van der Waals surface area contributed by atoms with Crippen LogP contribution in [0, 0.1) is 0 Å². The lowest BCUT2D eigenvalue weighted by molar-refractivity contribution is -0.118. The number of nitrogens with zero attached hydrogens (tertiary/aromatic N) is 2. The van der Waals surface area contributed by atoms with Crippen molar-refractivity contribution in [3.8, 4) is 11.5 Å². The number of esters is 1. The molecule has 3 rings (SSSR count). The van der Waals surface area contributed by atoms with Crippen LogP contribution in [0.1, 0.15) is 16.1 Å². The first kappa shape index (κ1) is 20.6. The minimum atomic E-state index is -0.531. The van der Waals surface area contributed by atoms with E-state index in [2.05, 4.69) is 14.9 Å². The van der Waals surface area contributed by atoms with Gasteiger partial charge in [-0.2, -0.15) is 0 Å². The highest BCUT2D eigenvalue weighted by Gasteiger charge is 2.12. The minimum Gasteiger partial charge on any atom is -0.497 e. The number of benzene rings is 2. The number of halogens is 1. The average Bonchev–Trinajstić information content (AvgIpc) is 3.15. The van der Waals surface area contributed by atoms with E-state index in [9.17, 15) is 9.59 Å². The molecule has 0 saturated carbocycles. The van der Waals surface area contributed by atoms with Crippen LogP contribution in [0.4, 0.5) is 5.69 Å². The number of anilines is 1. The molecule has 0 unspecified atom stereocenters. The first-order valence-corrected chi connectivity index (χ1v) is 9.51. The van der Waals surface area contributed by atoms with E-state index in [4.69, 9.17) is 25.8 Å². The van der Waals surface area contributed by atoms with Gasteiger partial charge in [-0.15, -0.1) is 5.10 Å². The van der Waals surface area contributed by atoms with Gasteiger partial charge in [0.1, 0.15) is 28.1 Å². The Morgan fingerprint density at radius 3 is 2.62 bits per heavy atom. The lowest BCUT2D eigenvalue weighted by Gasteiger charge is -2.09. The SMILES string of the molecule is COc1cccc(NC(=O)COc2ccc(C(=O)OCc3nnsc3Cl)cc2)c1. The van der Waals surface area contributed by atoms with Crippen LogP contribution < -0.4 is 14.8 Å². The first-order chi connectivity index (χ1) is 14.0. The number of carbonyl (C=O) groups excluding carboxylic acids is 2. The molecule has 150 valence electrons. The van der Waals surface area contributed by atoms with Crippen LogP contribution in [0.15, 0.2) is 48.5 Å². The van der Waals surface area contributed by atoms with E-state index in [1.807, 2.05) is 0 Å². The summed E-state index contributed by atoms with van der Waals surface area (Å²) in [5.74, 6) is 0.223. The molecule has 0 fully saturated rings. The van der Waals surface area contributed by atoms with Gasteiger partial charge in [0.25, 0.3) is 5.91 Å².